The highest BCUT2D eigenvalue weighted by atomic mass is 16.5. The number of pyridine rings is 1. The molecule has 4 rings (SSSR count). The summed E-state index contributed by atoms with van der Waals surface area (Å²) < 4.78 is 5.60. The fourth-order valence-electron chi connectivity index (χ4n) is 4.22. The Bertz CT molecular complexity index is 570. The van der Waals surface area contributed by atoms with Crippen LogP contribution in [0, 0.1) is 23.7 Å². The van der Waals surface area contributed by atoms with Crippen LogP contribution in [-0.2, 0) is 0 Å². The molecule has 5 heteroatoms. The van der Waals surface area contributed by atoms with Gasteiger partial charge in [-0.05, 0) is 55.9 Å². The Balaban J connectivity index is 1.36. The third-order valence-corrected chi connectivity index (χ3v) is 5.76. The van der Waals surface area contributed by atoms with E-state index >= 15 is 0 Å². The fourth-order valence-corrected chi connectivity index (χ4v) is 4.22. The van der Waals surface area contributed by atoms with E-state index in [9.17, 15) is 9.90 Å². The van der Waals surface area contributed by atoms with Crippen molar-refractivity contribution < 1.29 is 14.6 Å². The van der Waals surface area contributed by atoms with E-state index in [-0.39, 0.29) is 24.5 Å². The van der Waals surface area contributed by atoms with Crippen molar-refractivity contribution in [2.45, 2.75) is 38.1 Å². The lowest BCUT2D eigenvalue weighted by Crippen LogP contribution is -2.45. The van der Waals surface area contributed by atoms with Crippen LogP contribution in [0.5, 0.6) is 5.88 Å². The summed E-state index contributed by atoms with van der Waals surface area (Å²) in [6.07, 6.45) is 7.57. The second-order valence-corrected chi connectivity index (χ2v) is 7.32. The van der Waals surface area contributed by atoms with Crippen LogP contribution in [0.15, 0.2) is 18.3 Å². The molecule has 5 nitrogen and oxygen atoms in total. The number of nitrogens with zero attached hydrogens (tertiary/aromatic N) is 1. The number of aromatic nitrogens is 1. The molecule has 4 unspecified atom stereocenters. The molecule has 0 radical (unpaired) electrons. The molecule has 0 aliphatic heterocycles. The minimum absolute atomic E-state index is 0.0951. The summed E-state index contributed by atoms with van der Waals surface area (Å²) in [5.74, 6) is 2.49. The van der Waals surface area contributed by atoms with Crippen LogP contribution in [0.1, 0.15) is 42.5 Å². The van der Waals surface area contributed by atoms with Crippen molar-refractivity contribution in [3.63, 3.8) is 0 Å². The number of rotatable bonds is 6. The fraction of sp³-hybridized carbons (Fsp3) is 0.667. The Morgan fingerprint density at radius 2 is 2.09 bits per heavy atom. The Morgan fingerprint density at radius 3 is 2.78 bits per heavy atom. The molecule has 3 aliphatic carbocycles. The molecule has 0 aromatic carbocycles. The van der Waals surface area contributed by atoms with Gasteiger partial charge in [-0.15, -0.1) is 0 Å². The van der Waals surface area contributed by atoms with Crippen LogP contribution in [0.25, 0.3) is 0 Å². The van der Waals surface area contributed by atoms with Gasteiger partial charge in [0.1, 0.15) is 0 Å². The van der Waals surface area contributed by atoms with E-state index in [2.05, 4.69) is 10.3 Å². The molecule has 0 saturated heterocycles. The normalized spacial score (nSPS) is 32.0. The summed E-state index contributed by atoms with van der Waals surface area (Å²) in [6.45, 7) is 0.889. The number of carbonyl (C=O) groups excluding carboxylic acids is 1. The van der Waals surface area contributed by atoms with Gasteiger partial charge in [0.15, 0.2) is 0 Å². The number of fused-ring (bicyclic) bond motifs is 2. The van der Waals surface area contributed by atoms with Crippen molar-refractivity contribution >= 4 is 5.91 Å². The Kier molecular flexibility index (Phi) is 3.97. The average Bonchev–Trinajstić information content (AvgIpc) is 3.20. The standard InChI is InChI=1S/C18H24N2O3/c21-9-15-12-3-4-13(7-12)17(15)20-18(22)14-5-6-16(19-8-14)23-10-11-1-2-11/h5-6,8,11-13,15,17,21H,1-4,7,9-10H2,(H,20,22). The van der Waals surface area contributed by atoms with E-state index in [0.29, 0.717) is 29.2 Å². The number of hydrogen-bond donors (Lipinski definition) is 2. The molecule has 1 amide bonds. The molecule has 1 aromatic heterocycles. The van der Waals surface area contributed by atoms with Gasteiger partial charge < -0.3 is 15.2 Å². The summed E-state index contributed by atoms with van der Waals surface area (Å²) in [5, 5.41) is 12.7. The van der Waals surface area contributed by atoms with Gasteiger partial charge in [0.2, 0.25) is 5.88 Å². The van der Waals surface area contributed by atoms with E-state index in [1.165, 1.54) is 19.3 Å². The highest BCUT2D eigenvalue weighted by molar-refractivity contribution is 5.94. The first-order chi connectivity index (χ1) is 11.2. The number of nitrogens with one attached hydrogen (secondary N) is 1. The SMILES string of the molecule is O=C(NC1C2CCC(C2)C1CO)c1ccc(OCC2CC2)nc1. The first-order valence-electron chi connectivity index (χ1n) is 8.75. The van der Waals surface area contributed by atoms with Gasteiger partial charge in [0.05, 0.1) is 12.2 Å². The molecule has 0 spiro atoms. The molecule has 3 saturated carbocycles. The lowest BCUT2D eigenvalue weighted by molar-refractivity contribution is 0.0861. The minimum atomic E-state index is -0.0951. The van der Waals surface area contributed by atoms with E-state index in [0.717, 1.165) is 19.4 Å². The van der Waals surface area contributed by atoms with Crippen LogP contribution < -0.4 is 10.1 Å². The predicted molar refractivity (Wildman–Crippen MR) is 85.1 cm³/mol. The molecule has 2 N–H and O–H groups in total. The number of aliphatic hydroxyl groups excluding tert-OH is 1. The van der Waals surface area contributed by atoms with E-state index in [1.807, 2.05) is 0 Å². The number of aliphatic hydroxyl groups is 1. The predicted octanol–water partition coefficient (Wildman–Crippen LogP) is 2.01. The second kappa shape index (κ2) is 6.11. The summed E-state index contributed by atoms with van der Waals surface area (Å²) in [7, 11) is 0. The van der Waals surface area contributed by atoms with E-state index in [1.54, 1.807) is 18.3 Å². The molecule has 3 aliphatic rings. The zero-order chi connectivity index (χ0) is 15.8. The molecule has 124 valence electrons. The largest absolute Gasteiger partial charge is 0.477 e. The lowest BCUT2D eigenvalue weighted by Gasteiger charge is -2.30. The smallest absolute Gasteiger partial charge is 0.253 e. The van der Waals surface area contributed by atoms with Gasteiger partial charge in [0.25, 0.3) is 5.91 Å². The first-order valence-corrected chi connectivity index (χ1v) is 8.75. The summed E-state index contributed by atoms with van der Waals surface area (Å²) in [5.41, 5.74) is 0.559. The monoisotopic (exact) mass is 316 g/mol. The highest BCUT2D eigenvalue weighted by Gasteiger charge is 2.47. The third kappa shape index (κ3) is 3.07. The summed E-state index contributed by atoms with van der Waals surface area (Å²) in [6, 6.07) is 3.64. The van der Waals surface area contributed by atoms with Gasteiger partial charge in [-0.25, -0.2) is 4.98 Å². The van der Waals surface area contributed by atoms with Crippen molar-refractivity contribution in [3.8, 4) is 5.88 Å². The molecular formula is C18H24N2O3. The molecule has 4 atom stereocenters. The molecule has 23 heavy (non-hydrogen) atoms. The van der Waals surface area contributed by atoms with Crippen LogP contribution in [-0.4, -0.2) is 35.3 Å². The van der Waals surface area contributed by atoms with Crippen LogP contribution in [0.3, 0.4) is 0 Å². The lowest BCUT2D eigenvalue weighted by atomic mass is 9.85. The van der Waals surface area contributed by atoms with Crippen LogP contribution in [0.4, 0.5) is 0 Å². The van der Waals surface area contributed by atoms with Gasteiger partial charge >= 0.3 is 0 Å². The summed E-state index contributed by atoms with van der Waals surface area (Å²) >= 11 is 0. The van der Waals surface area contributed by atoms with Gasteiger partial charge in [0, 0.05) is 30.8 Å². The minimum Gasteiger partial charge on any atom is -0.477 e. The van der Waals surface area contributed by atoms with Crippen molar-refractivity contribution in [1.82, 2.24) is 10.3 Å². The second-order valence-electron chi connectivity index (χ2n) is 7.32. The van der Waals surface area contributed by atoms with Gasteiger partial charge in [-0.1, -0.05) is 0 Å². The zero-order valence-corrected chi connectivity index (χ0v) is 13.3. The Hall–Kier alpha value is -1.62. The topological polar surface area (TPSA) is 71.5 Å². The van der Waals surface area contributed by atoms with Crippen molar-refractivity contribution in [2.24, 2.45) is 23.7 Å². The quantitative estimate of drug-likeness (QED) is 0.842. The van der Waals surface area contributed by atoms with Crippen molar-refractivity contribution in [2.75, 3.05) is 13.2 Å². The average molecular weight is 316 g/mol. The summed E-state index contributed by atoms with van der Waals surface area (Å²) in [4.78, 5) is 16.7. The van der Waals surface area contributed by atoms with Gasteiger partial charge in [-0.2, -0.15) is 0 Å². The van der Waals surface area contributed by atoms with Crippen molar-refractivity contribution in [3.05, 3.63) is 23.9 Å². The maximum absolute atomic E-state index is 12.5. The Morgan fingerprint density at radius 1 is 1.26 bits per heavy atom. The highest BCUT2D eigenvalue weighted by Crippen LogP contribution is 2.48. The number of hydrogen-bond acceptors (Lipinski definition) is 4. The molecule has 2 bridgehead atoms. The molecule has 3 fully saturated rings. The maximum Gasteiger partial charge on any atom is 0.253 e. The van der Waals surface area contributed by atoms with E-state index in [4.69, 9.17) is 4.74 Å². The van der Waals surface area contributed by atoms with Gasteiger partial charge in [-0.3, -0.25) is 4.79 Å². The van der Waals surface area contributed by atoms with Crippen molar-refractivity contribution in [1.29, 1.82) is 0 Å². The third-order valence-electron chi connectivity index (χ3n) is 5.76. The number of carbonyl (C=O) groups is 1. The molecular weight excluding hydrogens is 292 g/mol. The van der Waals surface area contributed by atoms with Crippen LogP contribution in [0.2, 0.25) is 0 Å². The molecule has 1 aromatic rings. The first kappa shape index (κ1) is 14.9. The van der Waals surface area contributed by atoms with E-state index < -0.39 is 0 Å². The Labute approximate surface area is 136 Å². The molecule has 1 heterocycles. The number of ether oxygens (including phenoxy) is 1. The van der Waals surface area contributed by atoms with Crippen LogP contribution >= 0.6 is 0 Å². The maximum atomic E-state index is 12.5. The zero-order valence-electron chi connectivity index (χ0n) is 13.3. The number of amides is 1.